The maximum absolute atomic E-state index is 12.7. The minimum atomic E-state index is -0.307. The van der Waals surface area contributed by atoms with Gasteiger partial charge in [0.1, 0.15) is 0 Å². The van der Waals surface area contributed by atoms with Crippen molar-refractivity contribution in [2.75, 3.05) is 24.4 Å². The van der Waals surface area contributed by atoms with Gasteiger partial charge in [0.2, 0.25) is 5.91 Å². The highest BCUT2D eigenvalue weighted by Gasteiger charge is 2.17. The van der Waals surface area contributed by atoms with E-state index in [-0.39, 0.29) is 11.8 Å². The zero-order valence-electron chi connectivity index (χ0n) is 16.6. The third kappa shape index (κ3) is 5.17. The first kappa shape index (κ1) is 21.8. The average Bonchev–Trinajstić information content (AvgIpc) is 3.18. The largest absolute Gasteiger partial charge is 0.493 e. The molecule has 0 aliphatic heterocycles. The molecule has 0 saturated heterocycles. The molecular formula is C21H20BrN3O4S. The van der Waals surface area contributed by atoms with Crippen LogP contribution in [0.5, 0.6) is 11.5 Å². The number of nitrogens with zero attached hydrogens (tertiary/aromatic N) is 1. The molecule has 0 aliphatic rings. The zero-order valence-corrected chi connectivity index (χ0v) is 19.0. The number of rotatable bonds is 7. The molecule has 2 aromatic carbocycles. The topological polar surface area (TPSA) is 89.5 Å². The van der Waals surface area contributed by atoms with Crippen LogP contribution in [-0.4, -0.2) is 30.5 Å². The minimum Gasteiger partial charge on any atom is -0.493 e. The number of carbonyl (C=O) groups is 2. The number of benzene rings is 2. The van der Waals surface area contributed by atoms with Gasteiger partial charge in [-0.3, -0.25) is 14.9 Å². The van der Waals surface area contributed by atoms with Gasteiger partial charge in [0.15, 0.2) is 16.6 Å². The van der Waals surface area contributed by atoms with E-state index in [9.17, 15) is 9.59 Å². The van der Waals surface area contributed by atoms with Crippen molar-refractivity contribution in [2.24, 2.45) is 0 Å². The van der Waals surface area contributed by atoms with Crippen LogP contribution in [0.4, 0.5) is 10.8 Å². The molecular weight excluding hydrogens is 470 g/mol. The zero-order chi connectivity index (χ0) is 21.7. The Morgan fingerprint density at radius 3 is 2.53 bits per heavy atom. The molecule has 0 unspecified atom stereocenters. The summed E-state index contributed by atoms with van der Waals surface area (Å²) < 4.78 is 11.5. The van der Waals surface area contributed by atoms with Gasteiger partial charge in [-0.05, 0) is 47.1 Å². The van der Waals surface area contributed by atoms with E-state index < -0.39 is 0 Å². The molecule has 3 rings (SSSR count). The Kier molecular flexibility index (Phi) is 7.07. The predicted octanol–water partition coefficient (Wildman–Crippen LogP) is 5.19. The van der Waals surface area contributed by atoms with Crippen molar-refractivity contribution in [3.05, 3.63) is 51.8 Å². The molecule has 30 heavy (non-hydrogen) atoms. The van der Waals surface area contributed by atoms with Gasteiger partial charge in [-0.25, -0.2) is 4.98 Å². The molecule has 156 valence electrons. The highest BCUT2D eigenvalue weighted by Crippen LogP contribution is 2.37. The van der Waals surface area contributed by atoms with Crippen LogP contribution in [0.25, 0.3) is 11.3 Å². The Labute approximate surface area is 186 Å². The van der Waals surface area contributed by atoms with Crippen molar-refractivity contribution in [3.8, 4) is 22.8 Å². The second kappa shape index (κ2) is 9.73. The van der Waals surface area contributed by atoms with Gasteiger partial charge in [-0.15, -0.1) is 11.3 Å². The number of amides is 2. The van der Waals surface area contributed by atoms with Gasteiger partial charge < -0.3 is 14.8 Å². The number of aromatic nitrogens is 1. The lowest BCUT2D eigenvalue weighted by Crippen LogP contribution is -2.12. The Morgan fingerprint density at radius 2 is 1.90 bits per heavy atom. The summed E-state index contributed by atoms with van der Waals surface area (Å²) in [6.07, 6.45) is 0. The van der Waals surface area contributed by atoms with E-state index >= 15 is 0 Å². The lowest BCUT2D eigenvalue weighted by molar-refractivity contribution is -0.114. The lowest BCUT2D eigenvalue weighted by atomic mass is 10.1. The molecule has 0 saturated carbocycles. The number of thiazole rings is 1. The normalized spacial score (nSPS) is 10.4. The van der Waals surface area contributed by atoms with Gasteiger partial charge in [-0.1, -0.05) is 12.1 Å². The molecule has 2 amide bonds. The summed E-state index contributed by atoms with van der Waals surface area (Å²) in [5, 5.41) is 7.87. The van der Waals surface area contributed by atoms with Crippen LogP contribution in [0.15, 0.2) is 46.3 Å². The fraction of sp³-hybridized carbons (Fsp3) is 0.190. The summed E-state index contributed by atoms with van der Waals surface area (Å²) in [4.78, 5) is 28.3. The molecule has 0 bridgehead atoms. The number of nitrogens with one attached hydrogen (secondary N) is 2. The van der Waals surface area contributed by atoms with E-state index in [0.29, 0.717) is 39.0 Å². The summed E-state index contributed by atoms with van der Waals surface area (Å²) in [5.74, 6) is 0.587. The smallest absolute Gasteiger partial charge is 0.257 e. The van der Waals surface area contributed by atoms with E-state index in [1.165, 1.54) is 25.4 Å². The molecule has 0 aliphatic carbocycles. The van der Waals surface area contributed by atoms with Crippen molar-refractivity contribution in [3.63, 3.8) is 0 Å². The third-order valence-electron chi connectivity index (χ3n) is 4.01. The molecule has 9 heteroatoms. The highest BCUT2D eigenvalue weighted by atomic mass is 79.9. The van der Waals surface area contributed by atoms with Crippen LogP contribution in [0.3, 0.4) is 0 Å². The fourth-order valence-corrected chi connectivity index (χ4v) is 3.97. The molecule has 0 radical (unpaired) electrons. The van der Waals surface area contributed by atoms with Crippen LogP contribution in [0.1, 0.15) is 24.2 Å². The predicted molar refractivity (Wildman–Crippen MR) is 122 cm³/mol. The summed E-state index contributed by atoms with van der Waals surface area (Å²) >= 11 is 4.75. The number of hydrogen-bond donors (Lipinski definition) is 2. The summed E-state index contributed by atoms with van der Waals surface area (Å²) in [7, 11) is 1.52. The van der Waals surface area contributed by atoms with Gasteiger partial charge >= 0.3 is 0 Å². The first-order valence-corrected chi connectivity index (χ1v) is 10.7. The van der Waals surface area contributed by atoms with Crippen molar-refractivity contribution in [1.82, 2.24) is 4.98 Å². The van der Waals surface area contributed by atoms with Gasteiger partial charge in [0.05, 0.1) is 23.9 Å². The molecule has 1 heterocycles. The molecule has 0 atom stereocenters. The number of anilines is 2. The molecule has 2 N–H and O–H groups in total. The maximum atomic E-state index is 12.7. The van der Waals surface area contributed by atoms with Crippen molar-refractivity contribution in [2.45, 2.75) is 13.8 Å². The number of halogens is 1. The quantitative estimate of drug-likeness (QED) is 0.476. The molecule has 0 spiro atoms. The third-order valence-corrected chi connectivity index (χ3v) is 5.35. The van der Waals surface area contributed by atoms with Crippen molar-refractivity contribution >= 4 is 49.9 Å². The van der Waals surface area contributed by atoms with Crippen molar-refractivity contribution < 1.29 is 19.1 Å². The standard InChI is InChI=1S/C21H20BrN3O4S/c1-4-29-19-16(22)9-14(10-18(19)28-3)20(27)25-21-24-17(11-30-21)13-5-7-15(8-6-13)23-12(2)26/h5-11H,4H2,1-3H3,(H,23,26)(H,24,25,27). The van der Waals surface area contributed by atoms with Gasteiger partial charge in [-0.2, -0.15) is 0 Å². The Balaban J connectivity index is 1.75. The second-order valence-corrected chi connectivity index (χ2v) is 7.89. The number of ether oxygens (including phenoxy) is 2. The van der Waals surface area contributed by atoms with Crippen molar-refractivity contribution in [1.29, 1.82) is 0 Å². The van der Waals surface area contributed by atoms with E-state index in [1.54, 1.807) is 24.3 Å². The number of methoxy groups -OCH3 is 1. The van der Waals surface area contributed by atoms with Crippen LogP contribution in [0.2, 0.25) is 0 Å². The van der Waals surface area contributed by atoms with Gasteiger partial charge in [0, 0.05) is 29.1 Å². The van der Waals surface area contributed by atoms with E-state index in [4.69, 9.17) is 9.47 Å². The van der Waals surface area contributed by atoms with Crippen LogP contribution in [0, 0.1) is 0 Å². The second-order valence-electron chi connectivity index (χ2n) is 6.17. The Bertz CT molecular complexity index is 1070. The monoisotopic (exact) mass is 489 g/mol. The van der Waals surface area contributed by atoms with Gasteiger partial charge in [0.25, 0.3) is 5.91 Å². The van der Waals surface area contributed by atoms with Crippen LogP contribution in [-0.2, 0) is 4.79 Å². The highest BCUT2D eigenvalue weighted by molar-refractivity contribution is 9.10. The summed E-state index contributed by atoms with van der Waals surface area (Å²) in [6, 6.07) is 10.6. The number of hydrogen-bond acceptors (Lipinski definition) is 6. The van der Waals surface area contributed by atoms with E-state index in [2.05, 4.69) is 31.5 Å². The fourth-order valence-electron chi connectivity index (χ4n) is 2.70. The van der Waals surface area contributed by atoms with E-state index in [1.807, 2.05) is 24.4 Å². The number of carbonyl (C=O) groups excluding carboxylic acids is 2. The van der Waals surface area contributed by atoms with Crippen LogP contribution >= 0.6 is 27.3 Å². The molecule has 1 aromatic heterocycles. The van der Waals surface area contributed by atoms with Crippen LogP contribution < -0.4 is 20.1 Å². The maximum Gasteiger partial charge on any atom is 0.257 e. The summed E-state index contributed by atoms with van der Waals surface area (Å²) in [5.41, 5.74) is 2.74. The van der Waals surface area contributed by atoms with E-state index in [0.717, 1.165) is 11.3 Å². The first-order chi connectivity index (χ1) is 14.4. The SMILES string of the molecule is CCOc1c(Br)cc(C(=O)Nc2nc(-c3ccc(NC(C)=O)cc3)cs2)cc1OC. The molecule has 0 fully saturated rings. The first-order valence-electron chi connectivity index (χ1n) is 9.06. The minimum absolute atomic E-state index is 0.126. The Morgan fingerprint density at radius 1 is 1.17 bits per heavy atom. The lowest BCUT2D eigenvalue weighted by Gasteiger charge is -2.13. The molecule has 7 nitrogen and oxygen atoms in total. The summed E-state index contributed by atoms with van der Waals surface area (Å²) in [6.45, 7) is 3.82. The average molecular weight is 490 g/mol. The molecule has 3 aromatic rings. The Hall–Kier alpha value is -2.91.